The van der Waals surface area contributed by atoms with Gasteiger partial charge in [0.05, 0.1) is 17.6 Å². The van der Waals surface area contributed by atoms with E-state index in [9.17, 15) is 19.7 Å². The molecule has 120 valence electrons. The van der Waals surface area contributed by atoms with Crippen molar-refractivity contribution >= 4 is 17.6 Å². The molecule has 1 fully saturated rings. The number of carboxylic acid groups (broad SMARTS) is 1. The molecular weight excluding hydrogens is 296 g/mol. The zero-order valence-corrected chi connectivity index (χ0v) is 11.9. The third kappa shape index (κ3) is 3.79. The van der Waals surface area contributed by atoms with E-state index in [4.69, 9.17) is 9.84 Å². The SMILES string of the molecule is C[C@@H]1CN(C(=O)CCn2cc([N+](=O)[O-])cn2)CC(C(=O)O)O1. The predicted octanol–water partition coefficient (Wildman–Crippen LogP) is -0.118. The first-order valence-electron chi connectivity index (χ1n) is 6.69. The second kappa shape index (κ2) is 6.52. The van der Waals surface area contributed by atoms with Crippen LogP contribution in [0, 0.1) is 10.1 Å². The lowest BCUT2D eigenvalue weighted by molar-refractivity contribution is -0.385. The van der Waals surface area contributed by atoms with Crippen LogP contribution in [0.3, 0.4) is 0 Å². The number of aryl methyl sites for hydroxylation is 1. The molecule has 1 saturated heterocycles. The minimum absolute atomic E-state index is 0.00222. The van der Waals surface area contributed by atoms with Crippen LogP contribution in [0.25, 0.3) is 0 Å². The molecule has 0 aliphatic carbocycles. The molecule has 10 nitrogen and oxygen atoms in total. The van der Waals surface area contributed by atoms with Gasteiger partial charge in [0.15, 0.2) is 6.10 Å². The van der Waals surface area contributed by atoms with Crippen LogP contribution in [0.4, 0.5) is 5.69 Å². The maximum absolute atomic E-state index is 12.1. The van der Waals surface area contributed by atoms with Gasteiger partial charge in [-0.3, -0.25) is 19.6 Å². The fourth-order valence-corrected chi connectivity index (χ4v) is 2.23. The summed E-state index contributed by atoms with van der Waals surface area (Å²) in [5, 5.41) is 23.3. The molecule has 2 atom stereocenters. The van der Waals surface area contributed by atoms with E-state index in [1.807, 2.05) is 0 Å². The lowest BCUT2D eigenvalue weighted by atomic mass is 10.2. The number of carboxylic acids is 1. The number of nitro groups is 1. The van der Waals surface area contributed by atoms with Crippen molar-refractivity contribution in [3.63, 3.8) is 0 Å². The minimum Gasteiger partial charge on any atom is -0.479 e. The van der Waals surface area contributed by atoms with E-state index in [0.29, 0.717) is 6.54 Å². The minimum atomic E-state index is -1.10. The van der Waals surface area contributed by atoms with E-state index in [1.165, 1.54) is 15.8 Å². The van der Waals surface area contributed by atoms with Crippen LogP contribution < -0.4 is 0 Å². The molecule has 0 bridgehead atoms. The van der Waals surface area contributed by atoms with Gasteiger partial charge in [-0.1, -0.05) is 0 Å². The van der Waals surface area contributed by atoms with Gasteiger partial charge in [-0.2, -0.15) is 5.10 Å². The summed E-state index contributed by atoms with van der Waals surface area (Å²) in [5.41, 5.74) is -0.140. The Balaban J connectivity index is 1.90. The first-order chi connectivity index (χ1) is 10.4. The second-order valence-corrected chi connectivity index (χ2v) is 5.04. The molecule has 10 heteroatoms. The first kappa shape index (κ1) is 15.9. The molecule has 22 heavy (non-hydrogen) atoms. The summed E-state index contributed by atoms with van der Waals surface area (Å²) in [6.07, 6.45) is 1.05. The van der Waals surface area contributed by atoms with E-state index in [2.05, 4.69) is 5.10 Å². The zero-order chi connectivity index (χ0) is 16.3. The molecule has 1 aliphatic rings. The molecule has 1 aliphatic heterocycles. The largest absolute Gasteiger partial charge is 0.479 e. The van der Waals surface area contributed by atoms with Crippen LogP contribution in [-0.4, -0.2) is 61.9 Å². The normalized spacial score (nSPS) is 21.6. The Labute approximate surface area is 125 Å². The molecule has 0 aromatic carbocycles. The van der Waals surface area contributed by atoms with Gasteiger partial charge < -0.3 is 14.7 Å². The van der Waals surface area contributed by atoms with Crippen molar-refractivity contribution < 1.29 is 24.4 Å². The Bertz CT molecular complexity index is 586. The summed E-state index contributed by atoms with van der Waals surface area (Å²) in [6, 6.07) is 0. The number of carbonyl (C=O) groups is 2. The van der Waals surface area contributed by atoms with Crippen LogP contribution in [-0.2, 0) is 20.9 Å². The predicted molar refractivity (Wildman–Crippen MR) is 72.0 cm³/mol. The van der Waals surface area contributed by atoms with Crippen molar-refractivity contribution in [2.75, 3.05) is 13.1 Å². The summed E-state index contributed by atoms with van der Waals surface area (Å²) in [5.74, 6) is -1.34. The van der Waals surface area contributed by atoms with Crippen LogP contribution >= 0.6 is 0 Å². The number of ether oxygens (including phenoxy) is 1. The van der Waals surface area contributed by atoms with Crippen molar-refractivity contribution in [1.82, 2.24) is 14.7 Å². The number of rotatable bonds is 5. The molecule has 2 heterocycles. The average molecular weight is 312 g/mol. The standard InChI is InChI=1S/C12H16N4O6/c1-8-5-14(7-10(22-8)12(18)19)11(17)2-3-15-6-9(4-13-15)16(20)21/h4,6,8,10H,2-3,5,7H2,1H3,(H,18,19)/t8-,10?/m1/s1. The molecule has 1 unspecified atom stereocenters. The number of carbonyl (C=O) groups excluding carboxylic acids is 1. The maximum Gasteiger partial charge on any atom is 0.334 e. The van der Waals surface area contributed by atoms with E-state index in [-0.39, 0.29) is 37.2 Å². The summed E-state index contributed by atoms with van der Waals surface area (Å²) in [4.78, 5) is 34.5. The van der Waals surface area contributed by atoms with Gasteiger partial charge in [0.25, 0.3) is 0 Å². The fraction of sp³-hybridized carbons (Fsp3) is 0.583. The molecule has 1 aromatic heterocycles. The highest BCUT2D eigenvalue weighted by atomic mass is 16.6. The summed E-state index contributed by atoms with van der Waals surface area (Å²) in [6.45, 7) is 2.21. The van der Waals surface area contributed by atoms with E-state index in [0.717, 1.165) is 6.20 Å². The third-order valence-corrected chi connectivity index (χ3v) is 3.27. The Kier molecular flexibility index (Phi) is 4.71. The lowest BCUT2D eigenvalue weighted by Crippen LogP contribution is -2.51. The quantitative estimate of drug-likeness (QED) is 0.593. The van der Waals surface area contributed by atoms with Gasteiger partial charge in [0.1, 0.15) is 12.4 Å². The third-order valence-electron chi connectivity index (χ3n) is 3.27. The van der Waals surface area contributed by atoms with Crippen molar-refractivity contribution in [1.29, 1.82) is 0 Å². The van der Waals surface area contributed by atoms with Gasteiger partial charge in [-0.25, -0.2) is 4.79 Å². The highest BCUT2D eigenvalue weighted by molar-refractivity contribution is 5.78. The number of hydrogen-bond acceptors (Lipinski definition) is 6. The number of hydrogen-bond donors (Lipinski definition) is 1. The topological polar surface area (TPSA) is 128 Å². The maximum atomic E-state index is 12.1. The van der Waals surface area contributed by atoms with Gasteiger partial charge in [0.2, 0.25) is 5.91 Å². The Morgan fingerprint density at radius 2 is 2.27 bits per heavy atom. The number of aromatic nitrogens is 2. The van der Waals surface area contributed by atoms with Crippen molar-refractivity contribution in [2.24, 2.45) is 0 Å². The molecule has 0 saturated carbocycles. The Hall–Kier alpha value is -2.49. The molecular formula is C12H16N4O6. The van der Waals surface area contributed by atoms with E-state index in [1.54, 1.807) is 6.92 Å². The highest BCUT2D eigenvalue weighted by Crippen LogP contribution is 2.13. The zero-order valence-electron chi connectivity index (χ0n) is 11.9. The van der Waals surface area contributed by atoms with Gasteiger partial charge >= 0.3 is 11.7 Å². The van der Waals surface area contributed by atoms with Gasteiger partial charge in [0, 0.05) is 19.5 Å². The van der Waals surface area contributed by atoms with Crippen LogP contribution in [0.15, 0.2) is 12.4 Å². The van der Waals surface area contributed by atoms with Crippen LogP contribution in [0.5, 0.6) is 0 Å². The molecule has 0 spiro atoms. The fourth-order valence-electron chi connectivity index (χ4n) is 2.23. The highest BCUT2D eigenvalue weighted by Gasteiger charge is 2.32. The first-order valence-corrected chi connectivity index (χ1v) is 6.69. The lowest BCUT2D eigenvalue weighted by Gasteiger charge is -2.35. The molecule has 1 aromatic rings. The smallest absolute Gasteiger partial charge is 0.334 e. The van der Waals surface area contributed by atoms with Crippen LogP contribution in [0.1, 0.15) is 13.3 Å². The van der Waals surface area contributed by atoms with E-state index < -0.39 is 17.0 Å². The van der Waals surface area contributed by atoms with Crippen LogP contribution in [0.2, 0.25) is 0 Å². The Morgan fingerprint density at radius 1 is 1.55 bits per heavy atom. The Morgan fingerprint density at radius 3 is 2.86 bits per heavy atom. The molecule has 1 amide bonds. The molecule has 1 N–H and O–H groups in total. The number of nitrogens with zero attached hydrogens (tertiary/aromatic N) is 4. The summed E-state index contributed by atoms with van der Waals surface area (Å²) >= 11 is 0. The van der Waals surface area contributed by atoms with Crippen molar-refractivity contribution in [3.8, 4) is 0 Å². The average Bonchev–Trinajstić information content (AvgIpc) is 2.93. The number of amides is 1. The van der Waals surface area contributed by atoms with E-state index >= 15 is 0 Å². The van der Waals surface area contributed by atoms with Gasteiger partial charge in [-0.15, -0.1) is 0 Å². The summed E-state index contributed by atoms with van der Waals surface area (Å²) < 4.78 is 6.55. The van der Waals surface area contributed by atoms with Gasteiger partial charge in [-0.05, 0) is 6.92 Å². The number of morpholine rings is 1. The summed E-state index contributed by atoms with van der Waals surface area (Å²) in [7, 11) is 0. The molecule has 0 radical (unpaired) electrons. The molecule has 2 rings (SSSR count). The second-order valence-electron chi connectivity index (χ2n) is 5.04. The monoisotopic (exact) mass is 312 g/mol. The van der Waals surface area contributed by atoms with Crippen molar-refractivity contribution in [3.05, 3.63) is 22.5 Å². The van der Waals surface area contributed by atoms with Crippen molar-refractivity contribution in [2.45, 2.75) is 32.1 Å². The number of aliphatic carboxylic acids is 1.